The Kier molecular flexibility index (Phi) is 18.8. The molecule has 10 aromatic carbocycles. The molecule has 1 fully saturated rings. The van der Waals surface area contributed by atoms with Gasteiger partial charge in [0.05, 0.1) is 12.5 Å². The molecule has 0 radical (unpaired) electrons. The lowest BCUT2D eigenvalue weighted by Crippen LogP contribution is -2.45. The van der Waals surface area contributed by atoms with E-state index in [4.69, 9.17) is 9.47 Å². The number of phenolic OH excluding ortho intramolecular Hbond substituents is 2. The monoisotopic (exact) mass is 1350 g/mol. The fourth-order valence-corrected chi connectivity index (χ4v) is 20.3. The highest BCUT2D eigenvalue weighted by Gasteiger charge is 2.41. The van der Waals surface area contributed by atoms with Crippen molar-refractivity contribution in [2.24, 2.45) is 10.8 Å². The van der Waals surface area contributed by atoms with E-state index >= 15 is 8.78 Å². The summed E-state index contributed by atoms with van der Waals surface area (Å²) in [6.07, 6.45) is 4.45. The molecule has 522 valence electrons. The molecule has 0 spiro atoms. The summed E-state index contributed by atoms with van der Waals surface area (Å²) in [5.74, 6) is 0.378. The van der Waals surface area contributed by atoms with Gasteiger partial charge in [-0.2, -0.15) is 0 Å². The third-order valence-electron chi connectivity index (χ3n) is 21.4. The van der Waals surface area contributed by atoms with E-state index < -0.39 is 19.7 Å². The molecule has 0 atom stereocenters. The first-order valence-electron chi connectivity index (χ1n) is 36.4. The third-order valence-corrected chi connectivity index (χ3v) is 25.8. The molecule has 0 aliphatic carbocycles. The summed E-state index contributed by atoms with van der Waals surface area (Å²) < 4.78 is 48.1. The smallest absolute Gasteiger partial charge is 0.142 e. The van der Waals surface area contributed by atoms with Gasteiger partial charge < -0.3 is 19.7 Å². The second kappa shape index (κ2) is 25.5. The van der Waals surface area contributed by atoms with Gasteiger partial charge in [0.2, 0.25) is 0 Å². The van der Waals surface area contributed by atoms with E-state index in [1.165, 1.54) is 22.3 Å². The Morgan fingerprint density at radius 2 is 0.626 bits per heavy atom. The lowest BCUT2D eigenvalue weighted by atomic mass is 9.71. The van der Waals surface area contributed by atoms with Crippen LogP contribution in [-0.2, 0) is 32.5 Å². The van der Waals surface area contributed by atoms with Gasteiger partial charge in [-0.1, -0.05) is 226 Å². The van der Waals surface area contributed by atoms with Crippen molar-refractivity contribution in [3.63, 3.8) is 0 Å². The maximum Gasteiger partial charge on any atom is 0.142 e. The second-order valence-corrected chi connectivity index (χ2v) is 42.4. The highest BCUT2D eigenvalue weighted by atomic mass is 28.3. The minimum absolute atomic E-state index is 0.0486. The van der Waals surface area contributed by atoms with Crippen molar-refractivity contribution in [3.8, 4) is 67.5 Å². The van der Waals surface area contributed by atoms with Crippen LogP contribution in [0.3, 0.4) is 0 Å². The first kappa shape index (κ1) is 72.8. The molecule has 99 heavy (non-hydrogen) atoms. The van der Waals surface area contributed by atoms with Gasteiger partial charge in [0.1, 0.15) is 42.7 Å². The zero-order valence-corrected chi connectivity index (χ0v) is 65.3. The van der Waals surface area contributed by atoms with Gasteiger partial charge in [0.25, 0.3) is 0 Å². The van der Waals surface area contributed by atoms with Crippen molar-refractivity contribution in [1.82, 2.24) is 0 Å². The van der Waals surface area contributed by atoms with E-state index in [0.29, 0.717) is 68.5 Å². The van der Waals surface area contributed by atoms with E-state index in [1.54, 1.807) is 24.3 Å². The molecule has 1 heterocycles. The number of fused-ring (bicyclic) bond motifs is 4. The van der Waals surface area contributed by atoms with Crippen LogP contribution in [0.15, 0.2) is 133 Å². The Labute approximate surface area is 593 Å². The molecule has 7 heteroatoms. The first-order valence-corrected chi connectivity index (χ1v) is 39.2. The van der Waals surface area contributed by atoms with Crippen LogP contribution in [0.5, 0.6) is 23.0 Å². The van der Waals surface area contributed by atoms with Crippen LogP contribution >= 0.6 is 0 Å². The lowest BCUT2D eigenvalue weighted by Gasteiger charge is -2.34. The summed E-state index contributed by atoms with van der Waals surface area (Å²) in [6.45, 7) is 53.5. The van der Waals surface area contributed by atoms with Crippen LogP contribution < -0.4 is 9.47 Å². The van der Waals surface area contributed by atoms with Crippen molar-refractivity contribution in [2.45, 2.75) is 236 Å². The summed E-state index contributed by atoms with van der Waals surface area (Å²) in [6, 6.07) is 48.3. The summed E-state index contributed by atoms with van der Waals surface area (Å²) in [4.78, 5) is 0. The van der Waals surface area contributed by atoms with Gasteiger partial charge in [-0.05, 0) is 243 Å². The molecule has 1 saturated heterocycles. The zero-order chi connectivity index (χ0) is 72.4. The molecule has 0 bridgehead atoms. The zero-order valence-electron chi connectivity index (χ0n) is 64.3. The Bertz CT molecular complexity index is 4360. The molecule has 11 rings (SSSR count). The summed E-state index contributed by atoms with van der Waals surface area (Å²) in [7, 11) is -2.57. The number of benzene rings is 10. The Morgan fingerprint density at radius 1 is 0.343 bits per heavy atom. The molecule has 1 aliphatic rings. The van der Waals surface area contributed by atoms with Gasteiger partial charge in [0.15, 0.2) is 0 Å². The normalized spacial score (nSPS) is 14.5. The number of halogens is 2. The molecule has 0 aromatic heterocycles. The number of ether oxygens (including phenoxy) is 2. The average Bonchev–Trinajstić information content (AvgIpc) is 1.39. The number of rotatable bonds is 14. The molecule has 0 unspecified atom stereocenters. The molecule has 10 aromatic rings. The van der Waals surface area contributed by atoms with Gasteiger partial charge in [-0.3, -0.25) is 0 Å². The minimum atomic E-state index is -2.57. The fourth-order valence-electron chi connectivity index (χ4n) is 16.5. The molecular weight excluding hydrogens is 1240 g/mol. The van der Waals surface area contributed by atoms with Crippen LogP contribution in [0.25, 0.3) is 87.6 Å². The van der Waals surface area contributed by atoms with Crippen molar-refractivity contribution in [2.75, 3.05) is 12.5 Å². The predicted octanol–water partition coefficient (Wildman–Crippen LogP) is 26.7. The van der Waals surface area contributed by atoms with Crippen molar-refractivity contribution in [1.29, 1.82) is 0 Å². The predicted molar refractivity (Wildman–Crippen MR) is 422 cm³/mol. The number of aryl methyl sites for hydroxylation is 2. The number of hydrogen-bond donors (Lipinski definition) is 2. The van der Waals surface area contributed by atoms with Crippen LogP contribution in [0.2, 0.25) is 12.1 Å². The third kappa shape index (κ3) is 15.0. The van der Waals surface area contributed by atoms with E-state index in [9.17, 15) is 10.2 Å². The minimum Gasteiger partial charge on any atom is -0.507 e. The van der Waals surface area contributed by atoms with Crippen molar-refractivity contribution < 1.29 is 28.5 Å². The molecular formula is C92H112F2O4Si. The molecule has 1 aliphatic heterocycles. The highest BCUT2D eigenvalue weighted by Crippen LogP contribution is 2.54. The molecule has 0 amide bonds. The standard InChI is InChI=1S/C92H112F2O4Si/c1-55-37-67(93)49-75(73-45-65(91(21,22)51-85(3,4)5)47-77(81(73)95)79-69-41-61(87(9,10)11)31-27-57(69)39-58-28-32-62(42-70(58)79)88(12,13)14)83(55)97-53-99(35-25-26-36-99)54-98-84-56(2)38-68(94)50-76(84)74-46-66(92(23,24)52-86(6,7)8)48-78(82(74)96)80-71-43-63(89(15,16)17)33-29-59(71)40-60-30-34-64(44-72(60)80)90(18,19)20/h27-34,37-50,95-96H,25-26,35-36,51-54H2,1-24H3. The largest absolute Gasteiger partial charge is 0.507 e. The SMILES string of the molecule is Cc1cc(F)cc(-c2cc(C(C)(C)CC(C)(C)C)cc(-c3c4cc(C(C)(C)C)ccc4cc4ccc(C(C)(C)C)cc34)c2O)c1OC[Si]1(COc2c(C)cc(F)cc2-c2cc(C(C)(C)CC(C)(C)C)cc(-c3c4cc(C(C)(C)C)ccc4cc4ccc(C(C)(C)C)cc34)c2O)CCCC1. The van der Waals surface area contributed by atoms with Crippen LogP contribution in [0, 0.1) is 36.3 Å². The molecule has 2 N–H and O–H groups in total. The first-order chi connectivity index (χ1) is 45.7. The molecule has 4 nitrogen and oxygen atoms in total. The van der Waals surface area contributed by atoms with Crippen molar-refractivity contribution >= 4 is 51.2 Å². The Balaban J connectivity index is 1.07. The summed E-state index contributed by atoms with van der Waals surface area (Å²) in [5, 5.41) is 35.6. The van der Waals surface area contributed by atoms with Gasteiger partial charge in [-0.15, -0.1) is 0 Å². The Morgan fingerprint density at radius 3 is 0.899 bits per heavy atom. The highest BCUT2D eigenvalue weighted by molar-refractivity contribution is 6.80. The van der Waals surface area contributed by atoms with Gasteiger partial charge in [0, 0.05) is 44.5 Å². The van der Waals surface area contributed by atoms with Crippen LogP contribution in [0.1, 0.15) is 223 Å². The number of aromatic hydroxyl groups is 2. The maximum atomic E-state index is 16.7. The van der Waals surface area contributed by atoms with Crippen LogP contribution in [-0.4, -0.2) is 30.7 Å². The summed E-state index contributed by atoms with van der Waals surface area (Å²) >= 11 is 0. The topological polar surface area (TPSA) is 58.9 Å². The van der Waals surface area contributed by atoms with E-state index in [2.05, 4.69) is 262 Å². The van der Waals surface area contributed by atoms with Crippen LogP contribution in [0.4, 0.5) is 8.78 Å². The van der Waals surface area contributed by atoms with E-state index in [0.717, 1.165) is 103 Å². The van der Waals surface area contributed by atoms with Crippen molar-refractivity contribution in [3.05, 3.63) is 190 Å². The second-order valence-electron chi connectivity index (χ2n) is 37.8. The number of phenols is 2. The maximum absolute atomic E-state index is 16.7. The average molecular weight is 1350 g/mol. The number of hydrogen-bond acceptors (Lipinski definition) is 4. The molecule has 0 saturated carbocycles. The lowest BCUT2D eigenvalue weighted by molar-refractivity contribution is 0.283. The van der Waals surface area contributed by atoms with Gasteiger partial charge >= 0.3 is 0 Å². The van der Waals surface area contributed by atoms with E-state index in [-0.39, 0.29) is 54.8 Å². The quantitative estimate of drug-likeness (QED) is 0.0841. The van der Waals surface area contributed by atoms with Gasteiger partial charge in [-0.25, -0.2) is 8.78 Å². The van der Waals surface area contributed by atoms with E-state index in [1.807, 2.05) is 13.8 Å². The Hall–Kier alpha value is -7.48. The fraction of sp³-hybridized carbons (Fsp3) is 0.435. The summed E-state index contributed by atoms with van der Waals surface area (Å²) in [5.41, 5.74) is 11.9.